The molecule has 1 heterocycles. The van der Waals surface area contributed by atoms with Crippen LogP contribution in [0, 0.1) is 0 Å². The van der Waals surface area contributed by atoms with Gasteiger partial charge in [-0.05, 0) is 18.2 Å². The van der Waals surface area contributed by atoms with E-state index in [1.165, 1.54) is 0 Å². The number of morpholine rings is 1. The van der Waals surface area contributed by atoms with Crippen molar-refractivity contribution in [2.24, 2.45) is 0 Å². The number of benzene rings is 2. The molecule has 1 aliphatic heterocycles. The van der Waals surface area contributed by atoms with Crippen molar-refractivity contribution in [3.05, 3.63) is 69.7 Å². The highest BCUT2D eigenvalue weighted by Gasteiger charge is 2.28. The summed E-state index contributed by atoms with van der Waals surface area (Å²) >= 11 is 12.3. The molecule has 1 fully saturated rings. The van der Waals surface area contributed by atoms with E-state index < -0.39 is 0 Å². The van der Waals surface area contributed by atoms with Crippen LogP contribution in [-0.4, -0.2) is 30.5 Å². The number of carbonyl (C=O) groups is 1. The first-order valence-corrected chi connectivity index (χ1v) is 7.82. The van der Waals surface area contributed by atoms with Crippen molar-refractivity contribution < 1.29 is 9.53 Å². The Morgan fingerprint density at radius 1 is 1.05 bits per heavy atom. The maximum Gasteiger partial charge on any atom is 0.255 e. The summed E-state index contributed by atoms with van der Waals surface area (Å²) in [4.78, 5) is 14.4. The van der Waals surface area contributed by atoms with Crippen molar-refractivity contribution in [3.63, 3.8) is 0 Å². The van der Waals surface area contributed by atoms with Gasteiger partial charge >= 0.3 is 0 Å². The van der Waals surface area contributed by atoms with Gasteiger partial charge in [-0.15, -0.1) is 0 Å². The zero-order chi connectivity index (χ0) is 15.5. The number of hydrogen-bond acceptors (Lipinski definition) is 2. The lowest BCUT2D eigenvalue weighted by atomic mass is 10.1. The van der Waals surface area contributed by atoms with E-state index in [1.807, 2.05) is 36.4 Å². The summed E-state index contributed by atoms with van der Waals surface area (Å²) in [5, 5.41) is 1.12. The number of carbonyl (C=O) groups excluding carboxylic acids is 1. The predicted molar refractivity (Wildman–Crippen MR) is 87.5 cm³/mol. The Hall–Kier alpha value is -1.55. The number of hydrogen-bond donors (Lipinski definition) is 0. The van der Waals surface area contributed by atoms with Crippen LogP contribution >= 0.6 is 23.2 Å². The van der Waals surface area contributed by atoms with Crippen LogP contribution in [-0.2, 0) is 4.74 Å². The Labute approximate surface area is 139 Å². The molecular formula is C17H15Cl2NO2. The molecule has 0 aromatic heterocycles. The van der Waals surface area contributed by atoms with Crippen LogP contribution < -0.4 is 0 Å². The average molecular weight is 336 g/mol. The van der Waals surface area contributed by atoms with E-state index in [4.69, 9.17) is 27.9 Å². The van der Waals surface area contributed by atoms with Gasteiger partial charge in [0.15, 0.2) is 0 Å². The minimum absolute atomic E-state index is 0.0778. The third-order valence-electron chi connectivity index (χ3n) is 3.71. The Morgan fingerprint density at radius 2 is 1.73 bits per heavy atom. The quantitative estimate of drug-likeness (QED) is 0.822. The van der Waals surface area contributed by atoms with E-state index in [-0.39, 0.29) is 12.0 Å². The molecule has 0 radical (unpaired) electrons. The van der Waals surface area contributed by atoms with E-state index >= 15 is 0 Å². The molecule has 2 aromatic rings. The summed E-state index contributed by atoms with van der Waals surface area (Å²) in [5.74, 6) is -0.0778. The van der Waals surface area contributed by atoms with Crippen LogP contribution in [0.25, 0.3) is 0 Å². The van der Waals surface area contributed by atoms with E-state index in [0.29, 0.717) is 35.3 Å². The van der Waals surface area contributed by atoms with Crippen molar-refractivity contribution >= 4 is 29.1 Å². The molecule has 0 N–H and O–H groups in total. The normalized spacial score (nSPS) is 18.3. The van der Waals surface area contributed by atoms with Crippen molar-refractivity contribution in [1.82, 2.24) is 4.90 Å². The Balaban J connectivity index is 1.80. The van der Waals surface area contributed by atoms with Gasteiger partial charge in [0.25, 0.3) is 5.91 Å². The van der Waals surface area contributed by atoms with Gasteiger partial charge < -0.3 is 9.64 Å². The third kappa shape index (κ3) is 3.12. The Morgan fingerprint density at radius 3 is 2.45 bits per heavy atom. The zero-order valence-corrected chi connectivity index (χ0v) is 13.3. The third-order valence-corrected chi connectivity index (χ3v) is 4.38. The van der Waals surface area contributed by atoms with Crippen LogP contribution in [0.5, 0.6) is 0 Å². The van der Waals surface area contributed by atoms with Crippen molar-refractivity contribution in [3.8, 4) is 0 Å². The lowest BCUT2D eigenvalue weighted by Crippen LogP contribution is -2.42. The van der Waals surface area contributed by atoms with Crippen molar-refractivity contribution in [1.29, 1.82) is 0 Å². The highest BCUT2D eigenvalue weighted by atomic mass is 35.5. The first kappa shape index (κ1) is 15.3. The van der Waals surface area contributed by atoms with Gasteiger partial charge in [0.05, 0.1) is 23.7 Å². The Bertz CT molecular complexity index is 690. The summed E-state index contributed by atoms with van der Waals surface area (Å²) in [7, 11) is 0. The molecule has 5 heteroatoms. The fourth-order valence-electron chi connectivity index (χ4n) is 2.56. The van der Waals surface area contributed by atoms with Gasteiger partial charge in [-0.25, -0.2) is 0 Å². The SMILES string of the molecule is O=C(c1ccccc1Cl)N1CCOC(c2ccccc2Cl)C1. The second-order valence-corrected chi connectivity index (χ2v) is 5.93. The van der Waals surface area contributed by atoms with E-state index in [2.05, 4.69) is 0 Å². The average Bonchev–Trinajstić information content (AvgIpc) is 2.55. The minimum atomic E-state index is -0.214. The van der Waals surface area contributed by atoms with Crippen molar-refractivity contribution in [2.75, 3.05) is 19.7 Å². The summed E-state index contributed by atoms with van der Waals surface area (Å²) in [6.45, 7) is 1.49. The zero-order valence-electron chi connectivity index (χ0n) is 11.8. The summed E-state index contributed by atoms with van der Waals surface area (Å²) in [6.07, 6.45) is -0.214. The first-order chi connectivity index (χ1) is 10.7. The minimum Gasteiger partial charge on any atom is -0.370 e. The molecule has 0 spiro atoms. The molecule has 114 valence electrons. The monoisotopic (exact) mass is 335 g/mol. The number of ether oxygens (including phenoxy) is 1. The van der Waals surface area contributed by atoms with Crippen LogP contribution in [0.1, 0.15) is 22.0 Å². The Kier molecular flexibility index (Phi) is 4.67. The van der Waals surface area contributed by atoms with Crippen LogP contribution in [0.15, 0.2) is 48.5 Å². The molecule has 1 unspecified atom stereocenters. The van der Waals surface area contributed by atoms with Crippen molar-refractivity contribution in [2.45, 2.75) is 6.10 Å². The standard InChI is InChI=1S/C17H15Cl2NO2/c18-14-7-3-1-5-12(14)16-11-20(9-10-22-16)17(21)13-6-2-4-8-15(13)19/h1-8,16H,9-11H2. The fraction of sp³-hybridized carbons (Fsp3) is 0.235. The maximum atomic E-state index is 12.6. The molecule has 0 aliphatic carbocycles. The summed E-state index contributed by atoms with van der Waals surface area (Å²) < 4.78 is 5.78. The largest absolute Gasteiger partial charge is 0.370 e. The lowest BCUT2D eigenvalue weighted by Gasteiger charge is -2.33. The summed E-state index contributed by atoms with van der Waals surface area (Å²) in [5.41, 5.74) is 1.42. The molecule has 1 atom stereocenters. The second kappa shape index (κ2) is 6.69. The van der Waals surface area contributed by atoms with Gasteiger partial charge in [-0.3, -0.25) is 4.79 Å². The first-order valence-electron chi connectivity index (χ1n) is 7.06. The number of amides is 1. The topological polar surface area (TPSA) is 29.5 Å². The van der Waals surface area contributed by atoms with E-state index in [9.17, 15) is 4.79 Å². The predicted octanol–water partition coefficient (Wildman–Crippen LogP) is 4.21. The smallest absolute Gasteiger partial charge is 0.255 e. The maximum absolute atomic E-state index is 12.6. The molecule has 0 saturated carbocycles. The van der Waals surface area contributed by atoms with Gasteiger partial charge in [0.1, 0.15) is 6.10 Å². The number of halogens is 2. The molecule has 1 aliphatic rings. The van der Waals surface area contributed by atoms with E-state index in [1.54, 1.807) is 17.0 Å². The molecule has 3 rings (SSSR count). The molecule has 22 heavy (non-hydrogen) atoms. The molecule has 0 bridgehead atoms. The number of nitrogens with zero attached hydrogens (tertiary/aromatic N) is 1. The summed E-state index contributed by atoms with van der Waals surface area (Å²) in [6, 6.07) is 14.6. The molecular weight excluding hydrogens is 321 g/mol. The van der Waals surface area contributed by atoms with Crippen LogP contribution in [0.2, 0.25) is 10.0 Å². The van der Waals surface area contributed by atoms with Gasteiger partial charge in [0, 0.05) is 17.1 Å². The van der Waals surface area contributed by atoms with E-state index in [0.717, 1.165) is 5.56 Å². The molecule has 1 amide bonds. The highest BCUT2D eigenvalue weighted by molar-refractivity contribution is 6.33. The van der Waals surface area contributed by atoms with Crippen LogP contribution in [0.3, 0.4) is 0 Å². The van der Waals surface area contributed by atoms with Gasteiger partial charge in [-0.2, -0.15) is 0 Å². The molecule has 1 saturated heterocycles. The lowest BCUT2D eigenvalue weighted by molar-refractivity contribution is -0.0227. The van der Waals surface area contributed by atoms with Gasteiger partial charge in [-0.1, -0.05) is 53.5 Å². The second-order valence-electron chi connectivity index (χ2n) is 5.11. The van der Waals surface area contributed by atoms with Crippen LogP contribution in [0.4, 0.5) is 0 Å². The van der Waals surface area contributed by atoms with Gasteiger partial charge in [0.2, 0.25) is 0 Å². The number of rotatable bonds is 2. The fourth-order valence-corrected chi connectivity index (χ4v) is 3.04. The molecule has 2 aromatic carbocycles. The molecule has 3 nitrogen and oxygen atoms in total. The highest BCUT2D eigenvalue weighted by Crippen LogP contribution is 2.29.